The van der Waals surface area contributed by atoms with Crippen LogP contribution in [0, 0.1) is 0 Å². The predicted octanol–water partition coefficient (Wildman–Crippen LogP) is 0.939. The van der Waals surface area contributed by atoms with Gasteiger partial charge in [-0.2, -0.15) is 0 Å². The van der Waals surface area contributed by atoms with E-state index in [0.717, 1.165) is 44.0 Å². The molecule has 1 aliphatic rings. The van der Waals surface area contributed by atoms with E-state index in [9.17, 15) is 0 Å². The fraction of sp³-hybridized carbons (Fsp3) is 0.538. The molecule has 1 aromatic rings. The Bertz CT molecular complexity index is 355. The molecule has 17 heavy (non-hydrogen) atoms. The number of rotatable bonds is 6. The molecule has 0 aliphatic carbocycles. The van der Waals surface area contributed by atoms with Gasteiger partial charge in [0.1, 0.15) is 13.2 Å². The van der Waals surface area contributed by atoms with E-state index in [-0.39, 0.29) is 0 Å². The Balaban J connectivity index is 1.81. The van der Waals surface area contributed by atoms with Gasteiger partial charge in [-0.15, -0.1) is 0 Å². The van der Waals surface area contributed by atoms with E-state index in [1.807, 2.05) is 6.07 Å². The summed E-state index contributed by atoms with van der Waals surface area (Å²) in [4.78, 5) is 0. The second-order valence-electron chi connectivity index (χ2n) is 4.12. The first-order valence-electron chi connectivity index (χ1n) is 6.19. The molecule has 1 aliphatic heterocycles. The first-order chi connectivity index (χ1) is 8.40. The average Bonchev–Trinajstić information content (AvgIpc) is 2.38. The maximum Gasteiger partial charge on any atom is 0.161 e. The summed E-state index contributed by atoms with van der Waals surface area (Å²) in [6, 6.07) is 6.15. The molecule has 3 N–H and O–H groups in total. The van der Waals surface area contributed by atoms with Crippen LogP contribution in [0.3, 0.4) is 0 Å². The van der Waals surface area contributed by atoms with Crippen LogP contribution in [0.15, 0.2) is 18.2 Å². The summed E-state index contributed by atoms with van der Waals surface area (Å²) in [5, 5.41) is 3.36. The molecule has 2 rings (SSSR count). The van der Waals surface area contributed by atoms with Crippen molar-refractivity contribution in [3.63, 3.8) is 0 Å². The SMILES string of the molecule is NCCCNCCc1ccc2c(c1)OCCO2. The van der Waals surface area contributed by atoms with Crippen molar-refractivity contribution in [3.05, 3.63) is 23.8 Å². The molecular formula is C13H20N2O2. The van der Waals surface area contributed by atoms with Gasteiger partial charge in [0, 0.05) is 0 Å². The smallest absolute Gasteiger partial charge is 0.161 e. The van der Waals surface area contributed by atoms with Gasteiger partial charge < -0.3 is 20.5 Å². The van der Waals surface area contributed by atoms with Crippen molar-refractivity contribution in [2.45, 2.75) is 12.8 Å². The maximum absolute atomic E-state index is 5.55. The van der Waals surface area contributed by atoms with Gasteiger partial charge in [-0.3, -0.25) is 0 Å². The Hall–Kier alpha value is -1.26. The van der Waals surface area contributed by atoms with Gasteiger partial charge in [0.25, 0.3) is 0 Å². The fourth-order valence-electron chi connectivity index (χ4n) is 1.83. The van der Waals surface area contributed by atoms with Crippen LogP contribution in [0.1, 0.15) is 12.0 Å². The minimum atomic E-state index is 0.644. The third-order valence-electron chi connectivity index (χ3n) is 2.75. The van der Waals surface area contributed by atoms with Gasteiger partial charge in [0.05, 0.1) is 0 Å². The molecule has 4 nitrogen and oxygen atoms in total. The van der Waals surface area contributed by atoms with Crippen LogP contribution >= 0.6 is 0 Å². The number of nitrogens with one attached hydrogen (secondary N) is 1. The van der Waals surface area contributed by atoms with E-state index in [4.69, 9.17) is 15.2 Å². The van der Waals surface area contributed by atoms with E-state index in [1.165, 1.54) is 5.56 Å². The number of ether oxygens (including phenoxy) is 2. The van der Waals surface area contributed by atoms with Crippen molar-refractivity contribution in [2.24, 2.45) is 5.73 Å². The number of hydrogen-bond donors (Lipinski definition) is 2. The van der Waals surface area contributed by atoms with Crippen LogP contribution in [0.4, 0.5) is 0 Å². The van der Waals surface area contributed by atoms with Gasteiger partial charge >= 0.3 is 0 Å². The zero-order valence-electron chi connectivity index (χ0n) is 10.1. The Morgan fingerprint density at radius 3 is 2.76 bits per heavy atom. The van der Waals surface area contributed by atoms with Gasteiger partial charge in [0.15, 0.2) is 11.5 Å². The Labute approximate surface area is 102 Å². The second-order valence-corrected chi connectivity index (χ2v) is 4.12. The lowest BCUT2D eigenvalue weighted by atomic mass is 10.1. The highest BCUT2D eigenvalue weighted by Crippen LogP contribution is 2.30. The topological polar surface area (TPSA) is 56.5 Å². The normalized spacial score (nSPS) is 13.7. The van der Waals surface area contributed by atoms with E-state index >= 15 is 0 Å². The molecule has 0 bridgehead atoms. The van der Waals surface area contributed by atoms with Gasteiger partial charge in [-0.25, -0.2) is 0 Å². The summed E-state index contributed by atoms with van der Waals surface area (Å²) in [6.45, 7) is 4.00. The number of hydrogen-bond acceptors (Lipinski definition) is 4. The quantitative estimate of drug-likeness (QED) is 0.722. The zero-order chi connectivity index (χ0) is 11.9. The van der Waals surface area contributed by atoms with Crippen LogP contribution in [-0.4, -0.2) is 32.8 Å². The van der Waals surface area contributed by atoms with Crippen LogP contribution in [0.5, 0.6) is 11.5 Å². The molecule has 1 aromatic carbocycles. The lowest BCUT2D eigenvalue weighted by Gasteiger charge is -2.18. The van der Waals surface area contributed by atoms with Crippen molar-refractivity contribution in [3.8, 4) is 11.5 Å². The minimum absolute atomic E-state index is 0.644. The molecule has 0 radical (unpaired) electrons. The Kier molecular flexibility index (Phi) is 4.64. The summed E-state index contributed by atoms with van der Waals surface area (Å²) >= 11 is 0. The monoisotopic (exact) mass is 236 g/mol. The van der Waals surface area contributed by atoms with Crippen molar-refractivity contribution in [1.29, 1.82) is 0 Å². The molecule has 0 aromatic heterocycles. The van der Waals surface area contributed by atoms with E-state index < -0.39 is 0 Å². The maximum atomic E-state index is 5.55. The highest BCUT2D eigenvalue weighted by atomic mass is 16.6. The standard InChI is InChI=1S/C13H20N2O2/c14-5-1-6-15-7-4-11-2-3-12-13(10-11)17-9-8-16-12/h2-3,10,15H,1,4-9,14H2. The van der Waals surface area contributed by atoms with Crippen molar-refractivity contribution in [2.75, 3.05) is 32.8 Å². The highest BCUT2D eigenvalue weighted by Gasteiger charge is 2.11. The molecule has 0 spiro atoms. The first kappa shape index (κ1) is 12.2. The molecule has 0 atom stereocenters. The third-order valence-corrected chi connectivity index (χ3v) is 2.75. The molecule has 94 valence electrons. The van der Waals surface area contributed by atoms with Crippen LogP contribution in [-0.2, 0) is 6.42 Å². The van der Waals surface area contributed by atoms with E-state index in [0.29, 0.717) is 13.2 Å². The fourth-order valence-corrected chi connectivity index (χ4v) is 1.83. The summed E-state index contributed by atoms with van der Waals surface area (Å²) in [6.07, 6.45) is 2.03. The number of nitrogens with two attached hydrogens (primary N) is 1. The van der Waals surface area contributed by atoms with Crippen molar-refractivity contribution < 1.29 is 9.47 Å². The molecular weight excluding hydrogens is 216 g/mol. The summed E-state index contributed by atoms with van der Waals surface area (Å²) in [5.74, 6) is 1.73. The molecule has 0 saturated carbocycles. The highest BCUT2D eigenvalue weighted by molar-refractivity contribution is 5.43. The summed E-state index contributed by atoms with van der Waals surface area (Å²) in [5.41, 5.74) is 6.70. The van der Waals surface area contributed by atoms with E-state index in [2.05, 4.69) is 17.4 Å². The van der Waals surface area contributed by atoms with Crippen molar-refractivity contribution in [1.82, 2.24) is 5.32 Å². The largest absolute Gasteiger partial charge is 0.486 e. The lowest BCUT2D eigenvalue weighted by molar-refractivity contribution is 0.171. The Morgan fingerprint density at radius 1 is 1.12 bits per heavy atom. The number of fused-ring (bicyclic) bond motifs is 1. The van der Waals surface area contributed by atoms with Crippen LogP contribution in [0.25, 0.3) is 0 Å². The first-order valence-corrected chi connectivity index (χ1v) is 6.19. The number of benzene rings is 1. The second kappa shape index (κ2) is 6.47. The molecule has 0 unspecified atom stereocenters. The minimum Gasteiger partial charge on any atom is -0.486 e. The zero-order valence-corrected chi connectivity index (χ0v) is 10.1. The summed E-state index contributed by atoms with van der Waals surface area (Å²) < 4.78 is 11.0. The molecule has 4 heteroatoms. The lowest BCUT2D eigenvalue weighted by Crippen LogP contribution is -2.21. The predicted molar refractivity (Wildman–Crippen MR) is 67.7 cm³/mol. The molecule has 0 fully saturated rings. The Morgan fingerprint density at radius 2 is 1.94 bits per heavy atom. The average molecular weight is 236 g/mol. The van der Waals surface area contributed by atoms with Crippen LogP contribution < -0.4 is 20.5 Å². The van der Waals surface area contributed by atoms with Gasteiger partial charge in [0.2, 0.25) is 0 Å². The molecule has 0 amide bonds. The molecule has 1 heterocycles. The van der Waals surface area contributed by atoms with Gasteiger partial charge in [-0.1, -0.05) is 6.07 Å². The van der Waals surface area contributed by atoms with Crippen LogP contribution in [0.2, 0.25) is 0 Å². The van der Waals surface area contributed by atoms with Gasteiger partial charge in [-0.05, 0) is 50.2 Å². The van der Waals surface area contributed by atoms with Crippen molar-refractivity contribution >= 4 is 0 Å². The third kappa shape index (κ3) is 3.61. The molecule has 0 saturated heterocycles. The van der Waals surface area contributed by atoms with E-state index in [1.54, 1.807) is 0 Å². The summed E-state index contributed by atoms with van der Waals surface area (Å²) in [7, 11) is 0.